The average molecular weight is 365 g/mol. The summed E-state index contributed by atoms with van der Waals surface area (Å²) in [5.74, 6) is 0.258. The van der Waals surface area contributed by atoms with E-state index >= 15 is 0 Å². The molecular weight excluding hydrogens is 347 g/mol. The van der Waals surface area contributed by atoms with Gasteiger partial charge in [-0.1, -0.05) is 11.6 Å². The predicted octanol–water partition coefficient (Wildman–Crippen LogP) is 2.43. The molecule has 1 aliphatic heterocycles. The van der Waals surface area contributed by atoms with Gasteiger partial charge in [0, 0.05) is 37.6 Å². The van der Waals surface area contributed by atoms with Gasteiger partial charge in [-0.3, -0.25) is 4.79 Å². The highest BCUT2D eigenvalue weighted by atomic mass is 35.5. The number of nitrogens with zero attached hydrogens (tertiary/aromatic N) is 3. The van der Waals surface area contributed by atoms with Crippen LogP contribution in [0.4, 0.5) is 10.3 Å². The Hall–Kier alpha value is -2.41. The summed E-state index contributed by atoms with van der Waals surface area (Å²) in [6.07, 6.45) is 5.23. The summed E-state index contributed by atoms with van der Waals surface area (Å²) >= 11 is 5.69. The van der Waals surface area contributed by atoms with Crippen molar-refractivity contribution in [3.63, 3.8) is 0 Å². The molecule has 0 saturated carbocycles. The summed E-state index contributed by atoms with van der Waals surface area (Å²) in [7, 11) is 0. The molecule has 1 N–H and O–H groups in total. The van der Waals surface area contributed by atoms with Gasteiger partial charge in [0.1, 0.15) is 11.6 Å². The molecule has 0 aliphatic carbocycles. The summed E-state index contributed by atoms with van der Waals surface area (Å²) in [4.78, 5) is 22.6. The Bertz CT molecular complexity index is 732. The second-order valence-corrected chi connectivity index (χ2v) is 6.17. The number of amides is 1. The van der Waals surface area contributed by atoms with Crippen LogP contribution in [-0.4, -0.2) is 41.6 Å². The van der Waals surface area contributed by atoms with E-state index in [0.717, 1.165) is 19.4 Å². The van der Waals surface area contributed by atoms with Gasteiger partial charge in [-0.15, -0.1) is 0 Å². The highest BCUT2D eigenvalue weighted by molar-refractivity contribution is 6.30. The highest BCUT2D eigenvalue weighted by Gasteiger charge is 2.23. The molecule has 1 amide bonds. The molecule has 1 aromatic carbocycles. The van der Waals surface area contributed by atoms with Crippen LogP contribution in [0.5, 0.6) is 5.75 Å². The Labute approximate surface area is 150 Å². The first-order valence-corrected chi connectivity index (χ1v) is 8.39. The van der Waals surface area contributed by atoms with Crippen LogP contribution in [0.1, 0.15) is 12.8 Å². The average Bonchev–Trinajstić information content (AvgIpc) is 2.64. The number of rotatable bonds is 5. The second kappa shape index (κ2) is 8.11. The molecule has 0 spiro atoms. The number of ether oxygens (including phenoxy) is 1. The zero-order chi connectivity index (χ0) is 17.6. The van der Waals surface area contributed by atoms with Crippen molar-refractivity contribution in [1.29, 1.82) is 0 Å². The van der Waals surface area contributed by atoms with Crippen molar-refractivity contribution in [2.45, 2.75) is 18.9 Å². The lowest BCUT2D eigenvalue weighted by molar-refractivity contribution is -0.123. The third kappa shape index (κ3) is 4.79. The van der Waals surface area contributed by atoms with Crippen molar-refractivity contribution in [1.82, 2.24) is 15.3 Å². The van der Waals surface area contributed by atoms with E-state index in [1.165, 1.54) is 18.2 Å². The summed E-state index contributed by atoms with van der Waals surface area (Å²) in [5, 5.41) is 2.91. The lowest BCUT2D eigenvalue weighted by Gasteiger charge is -2.33. The first kappa shape index (κ1) is 17.4. The molecule has 0 bridgehead atoms. The first-order valence-electron chi connectivity index (χ1n) is 8.01. The van der Waals surface area contributed by atoms with E-state index in [1.54, 1.807) is 18.5 Å². The standard InChI is InChI=1S/C17H18ClFN4O2/c18-14-9-13(4-5-15(14)19)25-11-16(24)22-12-3-1-8-23(10-12)17-20-6-2-7-21-17/h2,4-7,9,12H,1,3,8,10-11H2,(H,22,24). The first-order chi connectivity index (χ1) is 12.1. The minimum atomic E-state index is -0.524. The fourth-order valence-electron chi connectivity index (χ4n) is 2.72. The molecule has 0 radical (unpaired) electrons. The molecule has 2 aromatic rings. The molecule has 2 heterocycles. The molecule has 6 nitrogen and oxygen atoms in total. The van der Waals surface area contributed by atoms with Crippen molar-refractivity contribution < 1.29 is 13.9 Å². The van der Waals surface area contributed by atoms with E-state index in [4.69, 9.17) is 16.3 Å². The Kier molecular flexibility index (Phi) is 5.65. The second-order valence-electron chi connectivity index (χ2n) is 5.77. The van der Waals surface area contributed by atoms with Crippen molar-refractivity contribution in [3.8, 4) is 5.75 Å². The molecule has 1 saturated heterocycles. The molecule has 8 heteroatoms. The molecule has 1 aliphatic rings. The van der Waals surface area contributed by atoms with Crippen LogP contribution < -0.4 is 15.0 Å². The fourth-order valence-corrected chi connectivity index (χ4v) is 2.89. The van der Waals surface area contributed by atoms with E-state index in [9.17, 15) is 9.18 Å². The molecular formula is C17H18ClFN4O2. The number of aromatic nitrogens is 2. The third-order valence-electron chi connectivity index (χ3n) is 3.88. The summed E-state index contributed by atoms with van der Waals surface area (Å²) in [5.41, 5.74) is 0. The van der Waals surface area contributed by atoms with Gasteiger partial charge in [-0.25, -0.2) is 14.4 Å². The van der Waals surface area contributed by atoms with Gasteiger partial charge in [0.05, 0.1) is 5.02 Å². The minimum Gasteiger partial charge on any atom is -0.484 e. The van der Waals surface area contributed by atoms with E-state index in [-0.39, 0.29) is 23.6 Å². The highest BCUT2D eigenvalue weighted by Crippen LogP contribution is 2.21. The van der Waals surface area contributed by atoms with Crippen molar-refractivity contribution in [3.05, 3.63) is 47.5 Å². The number of piperidine rings is 1. The van der Waals surface area contributed by atoms with Gasteiger partial charge in [0.25, 0.3) is 5.91 Å². The SMILES string of the molecule is O=C(COc1ccc(F)c(Cl)c1)NC1CCCN(c2ncccn2)C1. The quantitative estimate of drug-likeness (QED) is 0.882. The van der Waals surface area contributed by atoms with Gasteiger partial charge in [0.15, 0.2) is 6.61 Å². The van der Waals surface area contributed by atoms with Crippen LogP contribution in [0, 0.1) is 5.82 Å². The van der Waals surface area contributed by atoms with E-state index in [1.807, 2.05) is 0 Å². The van der Waals surface area contributed by atoms with Crippen LogP contribution in [0.25, 0.3) is 0 Å². The smallest absolute Gasteiger partial charge is 0.258 e. The topological polar surface area (TPSA) is 67.3 Å². The van der Waals surface area contributed by atoms with Crippen LogP contribution in [-0.2, 0) is 4.79 Å². The van der Waals surface area contributed by atoms with Crippen molar-refractivity contribution in [2.24, 2.45) is 0 Å². The number of anilines is 1. The van der Waals surface area contributed by atoms with Crippen molar-refractivity contribution >= 4 is 23.5 Å². The number of nitrogens with one attached hydrogen (secondary N) is 1. The number of benzene rings is 1. The Balaban J connectivity index is 1.49. The number of halogens is 2. The maximum atomic E-state index is 13.1. The summed E-state index contributed by atoms with van der Waals surface area (Å²) < 4.78 is 18.5. The molecule has 25 heavy (non-hydrogen) atoms. The van der Waals surface area contributed by atoms with Gasteiger partial charge in [0.2, 0.25) is 5.95 Å². The fraction of sp³-hybridized carbons (Fsp3) is 0.353. The molecule has 3 rings (SSSR count). The lowest BCUT2D eigenvalue weighted by atomic mass is 10.1. The van der Waals surface area contributed by atoms with Crippen LogP contribution in [0.3, 0.4) is 0 Å². The Morgan fingerprint density at radius 1 is 1.40 bits per heavy atom. The Morgan fingerprint density at radius 3 is 2.96 bits per heavy atom. The number of carbonyl (C=O) groups excluding carboxylic acids is 1. The zero-order valence-electron chi connectivity index (χ0n) is 13.5. The molecule has 132 valence electrons. The van der Waals surface area contributed by atoms with Crippen LogP contribution in [0.15, 0.2) is 36.7 Å². The van der Waals surface area contributed by atoms with E-state index < -0.39 is 5.82 Å². The molecule has 1 atom stereocenters. The number of hydrogen-bond donors (Lipinski definition) is 1. The Morgan fingerprint density at radius 2 is 2.20 bits per heavy atom. The van der Waals surface area contributed by atoms with Gasteiger partial charge < -0.3 is 15.0 Å². The molecule has 1 unspecified atom stereocenters. The van der Waals surface area contributed by atoms with Crippen LogP contribution >= 0.6 is 11.6 Å². The predicted molar refractivity (Wildman–Crippen MR) is 92.3 cm³/mol. The van der Waals surface area contributed by atoms with Gasteiger partial charge in [-0.05, 0) is 31.0 Å². The summed E-state index contributed by atoms with van der Waals surface area (Å²) in [6.45, 7) is 1.36. The van der Waals surface area contributed by atoms with Gasteiger partial charge >= 0.3 is 0 Å². The van der Waals surface area contributed by atoms with E-state index in [2.05, 4.69) is 20.2 Å². The number of carbonyl (C=O) groups is 1. The maximum Gasteiger partial charge on any atom is 0.258 e. The van der Waals surface area contributed by atoms with Gasteiger partial charge in [-0.2, -0.15) is 0 Å². The molecule has 1 fully saturated rings. The largest absolute Gasteiger partial charge is 0.484 e. The third-order valence-corrected chi connectivity index (χ3v) is 4.17. The van der Waals surface area contributed by atoms with E-state index in [0.29, 0.717) is 18.2 Å². The monoisotopic (exact) mass is 364 g/mol. The van der Waals surface area contributed by atoms with Crippen LogP contribution in [0.2, 0.25) is 5.02 Å². The molecule has 1 aromatic heterocycles. The normalized spacial score (nSPS) is 17.2. The lowest BCUT2D eigenvalue weighted by Crippen LogP contribution is -2.49. The minimum absolute atomic E-state index is 0.00506. The summed E-state index contributed by atoms with van der Waals surface area (Å²) in [6, 6.07) is 5.76. The zero-order valence-corrected chi connectivity index (χ0v) is 14.2. The van der Waals surface area contributed by atoms with Crippen molar-refractivity contribution in [2.75, 3.05) is 24.6 Å². The maximum absolute atomic E-state index is 13.1. The number of hydrogen-bond acceptors (Lipinski definition) is 5.